The molecule has 0 bridgehead atoms. The summed E-state index contributed by atoms with van der Waals surface area (Å²) >= 11 is 0. The summed E-state index contributed by atoms with van der Waals surface area (Å²) in [6.45, 7) is 2.79. The zero-order valence-corrected chi connectivity index (χ0v) is 10.8. The van der Waals surface area contributed by atoms with E-state index in [2.05, 4.69) is 17.3 Å². The van der Waals surface area contributed by atoms with Crippen molar-refractivity contribution in [1.29, 1.82) is 0 Å². The van der Waals surface area contributed by atoms with Gasteiger partial charge in [-0.3, -0.25) is 0 Å². The van der Waals surface area contributed by atoms with Gasteiger partial charge in [0, 0.05) is 12.3 Å². The van der Waals surface area contributed by atoms with Crippen LogP contribution in [0.3, 0.4) is 0 Å². The van der Waals surface area contributed by atoms with Gasteiger partial charge in [-0.15, -0.1) is 0 Å². The van der Waals surface area contributed by atoms with Gasteiger partial charge in [-0.1, -0.05) is 6.92 Å². The summed E-state index contributed by atoms with van der Waals surface area (Å²) in [6, 6.07) is 11.0. The van der Waals surface area contributed by atoms with Gasteiger partial charge in [0.15, 0.2) is 0 Å². The van der Waals surface area contributed by atoms with Gasteiger partial charge in [-0.2, -0.15) is 0 Å². The summed E-state index contributed by atoms with van der Waals surface area (Å²) in [6.07, 6.45) is 2.62. The summed E-state index contributed by atoms with van der Waals surface area (Å²) in [7, 11) is 0. The quantitative estimate of drug-likeness (QED) is 0.616. The number of pyridine rings is 1. The third-order valence-corrected chi connectivity index (χ3v) is 2.41. The van der Waals surface area contributed by atoms with Crippen LogP contribution in [-0.4, -0.2) is 11.6 Å². The average Bonchev–Trinajstić information content (AvgIpc) is 2.47. The molecule has 2 rings (SSSR count). The molecule has 0 unspecified atom stereocenters. The van der Waals surface area contributed by atoms with Gasteiger partial charge in [-0.25, -0.2) is 10.8 Å². The van der Waals surface area contributed by atoms with Crippen molar-refractivity contribution in [1.82, 2.24) is 4.98 Å². The lowest BCUT2D eigenvalue weighted by Gasteiger charge is -2.08. The molecule has 100 valence electrons. The van der Waals surface area contributed by atoms with Gasteiger partial charge in [0.05, 0.1) is 6.61 Å². The van der Waals surface area contributed by atoms with Crippen molar-refractivity contribution in [3.05, 3.63) is 42.6 Å². The Balaban J connectivity index is 2.02. The number of anilines is 1. The van der Waals surface area contributed by atoms with E-state index in [1.807, 2.05) is 24.3 Å². The molecule has 0 aliphatic carbocycles. The van der Waals surface area contributed by atoms with Crippen LogP contribution in [0.25, 0.3) is 0 Å². The Morgan fingerprint density at radius 2 is 1.84 bits per heavy atom. The van der Waals surface area contributed by atoms with Crippen molar-refractivity contribution in [3.8, 4) is 17.2 Å². The molecular weight excluding hydrogens is 242 g/mol. The number of rotatable bonds is 6. The summed E-state index contributed by atoms with van der Waals surface area (Å²) in [5, 5.41) is 0. The largest absolute Gasteiger partial charge is 0.494 e. The van der Waals surface area contributed by atoms with E-state index in [0.29, 0.717) is 11.6 Å². The molecule has 3 N–H and O–H groups in total. The van der Waals surface area contributed by atoms with E-state index in [-0.39, 0.29) is 0 Å². The molecule has 19 heavy (non-hydrogen) atoms. The molecule has 5 heteroatoms. The fourth-order valence-corrected chi connectivity index (χ4v) is 1.51. The Morgan fingerprint density at radius 1 is 1.11 bits per heavy atom. The van der Waals surface area contributed by atoms with Gasteiger partial charge in [0.25, 0.3) is 0 Å². The molecule has 0 aliphatic rings. The van der Waals surface area contributed by atoms with Crippen molar-refractivity contribution in [3.63, 3.8) is 0 Å². The first-order chi connectivity index (χ1) is 9.31. The Labute approximate surface area is 112 Å². The highest BCUT2D eigenvalue weighted by Gasteiger charge is 2.00. The van der Waals surface area contributed by atoms with Crippen molar-refractivity contribution >= 4 is 5.82 Å². The zero-order valence-electron chi connectivity index (χ0n) is 10.8. The van der Waals surface area contributed by atoms with Crippen molar-refractivity contribution in [2.24, 2.45) is 5.84 Å². The Hall–Kier alpha value is -2.27. The predicted molar refractivity (Wildman–Crippen MR) is 74.3 cm³/mol. The predicted octanol–water partition coefficient (Wildman–Crippen LogP) is 2.95. The first kappa shape index (κ1) is 13.2. The monoisotopic (exact) mass is 259 g/mol. The second-order valence-corrected chi connectivity index (χ2v) is 3.94. The number of benzene rings is 1. The number of nitrogens with one attached hydrogen (secondary N) is 1. The average molecular weight is 259 g/mol. The minimum Gasteiger partial charge on any atom is -0.494 e. The van der Waals surface area contributed by atoms with E-state index >= 15 is 0 Å². The third-order valence-electron chi connectivity index (χ3n) is 2.41. The molecule has 0 amide bonds. The maximum Gasteiger partial charge on any atom is 0.143 e. The molecular formula is C14H17N3O2. The highest BCUT2D eigenvalue weighted by molar-refractivity contribution is 5.42. The van der Waals surface area contributed by atoms with E-state index < -0.39 is 0 Å². The smallest absolute Gasteiger partial charge is 0.143 e. The summed E-state index contributed by atoms with van der Waals surface area (Å²) in [4.78, 5) is 4.01. The molecule has 2 aromatic rings. The minimum atomic E-state index is 0.556. The second kappa shape index (κ2) is 6.61. The topological polar surface area (TPSA) is 69.4 Å². The number of ether oxygens (including phenoxy) is 2. The number of hydrazine groups is 1. The number of hydrogen-bond donors (Lipinski definition) is 2. The normalized spacial score (nSPS) is 10.0. The van der Waals surface area contributed by atoms with Crippen molar-refractivity contribution < 1.29 is 9.47 Å². The van der Waals surface area contributed by atoms with Gasteiger partial charge in [0.1, 0.15) is 23.1 Å². The molecule has 0 fully saturated rings. The van der Waals surface area contributed by atoms with E-state index in [9.17, 15) is 0 Å². The van der Waals surface area contributed by atoms with Gasteiger partial charge < -0.3 is 14.9 Å². The fraction of sp³-hybridized carbons (Fsp3) is 0.214. The molecule has 1 aromatic carbocycles. The lowest BCUT2D eigenvalue weighted by Crippen LogP contribution is -2.08. The Morgan fingerprint density at radius 3 is 2.53 bits per heavy atom. The van der Waals surface area contributed by atoms with Crippen LogP contribution in [0.15, 0.2) is 42.6 Å². The summed E-state index contributed by atoms with van der Waals surface area (Å²) in [5.41, 5.74) is 2.47. The number of nitrogens with zero attached hydrogens (tertiary/aromatic N) is 1. The lowest BCUT2D eigenvalue weighted by molar-refractivity contribution is 0.317. The van der Waals surface area contributed by atoms with Crippen LogP contribution in [0.1, 0.15) is 13.3 Å². The third kappa shape index (κ3) is 3.86. The van der Waals surface area contributed by atoms with E-state index in [0.717, 1.165) is 24.5 Å². The van der Waals surface area contributed by atoms with Crippen LogP contribution < -0.4 is 20.7 Å². The zero-order chi connectivity index (χ0) is 13.5. The standard InChI is InChI=1S/C14H17N3O2/c1-2-9-18-11-3-5-12(6-4-11)19-13-7-8-16-14(10-13)17-15/h3-8,10H,2,9,15H2,1H3,(H,16,17). The number of aromatic nitrogens is 1. The first-order valence-corrected chi connectivity index (χ1v) is 6.15. The number of nitrogen functional groups attached to an aromatic ring is 1. The van der Waals surface area contributed by atoms with Crippen LogP contribution in [0, 0.1) is 0 Å². The molecule has 1 heterocycles. The highest BCUT2D eigenvalue weighted by Crippen LogP contribution is 2.24. The molecule has 5 nitrogen and oxygen atoms in total. The van der Waals surface area contributed by atoms with Crippen molar-refractivity contribution in [2.45, 2.75) is 13.3 Å². The Kier molecular flexibility index (Phi) is 4.58. The van der Waals surface area contributed by atoms with Crippen LogP contribution in [0.2, 0.25) is 0 Å². The molecule has 0 spiro atoms. The van der Waals surface area contributed by atoms with E-state index in [1.165, 1.54) is 0 Å². The van der Waals surface area contributed by atoms with Crippen LogP contribution in [0.5, 0.6) is 17.2 Å². The van der Waals surface area contributed by atoms with Crippen LogP contribution >= 0.6 is 0 Å². The SMILES string of the molecule is CCCOc1ccc(Oc2ccnc(NN)c2)cc1. The van der Waals surface area contributed by atoms with Gasteiger partial charge in [0.2, 0.25) is 0 Å². The minimum absolute atomic E-state index is 0.556. The molecule has 0 atom stereocenters. The van der Waals surface area contributed by atoms with Crippen LogP contribution in [-0.2, 0) is 0 Å². The lowest BCUT2D eigenvalue weighted by atomic mass is 10.3. The maximum absolute atomic E-state index is 5.69. The van der Waals surface area contributed by atoms with Gasteiger partial charge >= 0.3 is 0 Å². The second-order valence-electron chi connectivity index (χ2n) is 3.94. The highest BCUT2D eigenvalue weighted by atomic mass is 16.5. The first-order valence-electron chi connectivity index (χ1n) is 6.15. The Bertz CT molecular complexity index is 514. The number of hydrogen-bond acceptors (Lipinski definition) is 5. The van der Waals surface area contributed by atoms with Crippen LogP contribution in [0.4, 0.5) is 5.82 Å². The summed E-state index contributed by atoms with van der Waals surface area (Å²) in [5.74, 6) is 8.10. The van der Waals surface area contributed by atoms with Gasteiger partial charge in [-0.05, 0) is 36.8 Å². The maximum atomic E-state index is 5.69. The fourth-order valence-electron chi connectivity index (χ4n) is 1.51. The van der Waals surface area contributed by atoms with Crippen molar-refractivity contribution in [2.75, 3.05) is 12.0 Å². The molecule has 0 aliphatic heterocycles. The number of nitrogens with two attached hydrogens (primary N) is 1. The molecule has 0 saturated carbocycles. The molecule has 1 aromatic heterocycles. The molecule has 0 radical (unpaired) electrons. The van der Waals surface area contributed by atoms with E-state index in [1.54, 1.807) is 18.3 Å². The summed E-state index contributed by atoms with van der Waals surface area (Å²) < 4.78 is 11.2. The molecule has 0 saturated heterocycles. The van der Waals surface area contributed by atoms with E-state index in [4.69, 9.17) is 15.3 Å².